The fourth-order valence-corrected chi connectivity index (χ4v) is 1.97. The fraction of sp³-hybridized carbons (Fsp3) is 0.462. The van der Waals surface area contributed by atoms with E-state index in [2.05, 4.69) is 10.2 Å². The Morgan fingerprint density at radius 2 is 2.20 bits per heavy atom. The van der Waals surface area contributed by atoms with Crippen LogP contribution >= 0.6 is 0 Å². The van der Waals surface area contributed by atoms with Crippen molar-refractivity contribution in [1.29, 1.82) is 0 Å². The van der Waals surface area contributed by atoms with Crippen molar-refractivity contribution in [1.82, 2.24) is 19.6 Å². The van der Waals surface area contributed by atoms with Crippen LogP contribution in [0.5, 0.6) is 0 Å². The highest BCUT2D eigenvalue weighted by Crippen LogP contribution is 2.18. The van der Waals surface area contributed by atoms with Crippen molar-refractivity contribution in [2.75, 3.05) is 5.73 Å². The van der Waals surface area contributed by atoms with Gasteiger partial charge < -0.3 is 10.5 Å². The van der Waals surface area contributed by atoms with E-state index in [9.17, 15) is 4.79 Å². The van der Waals surface area contributed by atoms with E-state index in [1.54, 1.807) is 17.9 Å². The van der Waals surface area contributed by atoms with E-state index in [1.807, 2.05) is 20.0 Å². The smallest absolute Gasteiger partial charge is 0.359 e. The number of nitrogens with zero attached hydrogens (tertiary/aromatic N) is 4. The quantitative estimate of drug-likeness (QED) is 0.828. The minimum Gasteiger partial charge on any atom is -0.456 e. The van der Waals surface area contributed by atoms with Crippen LogP contribution in [0.4, 0.5) is 5.69 Å². The lowest BCUT2D eigenvalue weighted by molar-refractivity contribution is 0.0461. The summed E-state index contributed by atoms with van der Waals surface area (Å²) in [5.74, 6) is -0.471. The number of nitrogens with two attached hydrogens (primary N) is 1. The van der Waals surface area contributed by atoms with E-state index >= 15 is 0 Å². The lowest BCUT2D eigenvalue weighted by Crippen LogP contribution is -2.12. The van der Waals surface area contributed by atoms with Gasteiger partial charge in [0.15, 0.2) is 5.69 Å². The van der Waals surface area contributed by atoms with E-state index in [0.29, 0.717) is 23.5 Å². The van der Waals surface area contributed by atoms with Gasteiger partial charge in [0.05, 0.1) is 17.6 Å². The summed E-state index contributed by atoms with van der Waals surface area (Å²) in [6, 6.07) is 0. The fourth-order valence-electron chi connectivity index (χ4n) is 1.97. The SMILES string of the molecule is CCc1nn(C)c(C(=O)OCc2cnn(CC)c2)c1N. The Kier molecular flexibility index (Phi) is 4.07. The van der Waals surface area contributed by atoms with E-state index in [-0.39, 0.29) is 6.61 Å². The van der Waals surface area contributed by atoms with Crippen LogP contribution in [-0.2, 0) is 31.4 Å². The van der Waals surface area contributed by atoms with Gasteiger partial charge in [0.25, 0.3) is 0 Å². The molecular formula is C13H19N5O2. The number of ether oxygens (including phenoxy) is 1. The van der Waals surface area contributed by atoms with Gasteiger partial charge in [-0.2, -0.15) is 10.2 Å². The Labute approximate surface area is 117 Å². The molecule has 0 fully saturated rings. The van der Waals surface area contributed by atoms with Gasteiger partial charge in [0.1, 0.15) is 6.61 Å². The Morgan fingerprint density at radius 3 is 2.75 bits per heavy atom. The third-order valence-corrected chi connectivity index (χ3v) is 3.07. The number of rotatable bonds is 5. The summed E-state index contributed by atoms with van der Waals surface area (Å²) in [4.78, 5) is 12.1. The van der Waals surface area contributed by atoms with E-state index < -0.39 is 5.97 Å². The lowest BCUT2D eigenvalue weighted by atomic mass is 10.2. The first kappa shape index (κ1) is 14.1. The van der Waals surface area contributed by atoms with Crippen molar-refractivity contribution < 1.29 is 9.53 Å². The Morgan fingerprint density at radius 1 is 1.45 bits per heavy atom. The zero-order valence-electron chi connectivity index (χ0n) is 12.0. The van der Waals surface area contributed by atoms with Crippen LogP contribution in [0.15, 0.2) is 12.4 Å². The topological polar surface area (TPSA) is 88.0 Å². The molecule has 0 spiro atoms. The molecule has 0 saturated heterocycles. The largest absolute Gasteiger partial charge is 0.456 e. The van der Waals surface area contributed by atoms with Crippen LogP contribution < -0.4 is 5.73 Å². The molecule has 2 rings (SSSR count). The highest BCUT2D eigenvalue weighted by molar-refractivity contribution is 5.93. The maximum Gasteiger partial charge on any atom is 0.359 e. The number of hydrogen-bond acceptors (Lipinski definition) is 5. The Balaban J connectivity index is 2.07. The number of carbonyl (C=O) groups is 1. The molecule has 7 heteroatoms. The molecule has 2 aromatic heterocycles. The third-order valence-electron chi connectivity index (χ3n) is 3.07. The second-order valence-electron chi connectivity index (χ2n) is 4.47. The zero-order chi connectivity index (χ0) is 14.7. The standard InChI is InChI=1S/C13H19N5O2/c1-4-10-11(14)12(17(3)16-10)13(19)20-8-9-6-15-18(5-2)7-9/h6-7H,4-5,8,14H2,1-3H3. The van der Waals surface area contributed by atoms with Gasteiger partial charge in [-0.15, -0.1) is 0 Å². The van der Waals surface area contributed by atoms with Crippen LogP contribution in [0.2, 0.25) is 0 Å². The predicted molar refractivity (Wildman–Crippen MR) is 74.0 cm³/mol. The van der Waals surface area contributed by atoms with Crippen molar-refractivity contribution >= 4 is 11.7 Å². The van der Waals surface area contributed by atoms with Gasteiger partial charge in [-0.1, -0.05) is 6.92 Å². The van der Waals surface area contributed by atoms with Crippen LogP contribution in [0.3, 0.4) is 0 Å². The summed E-state index contributed by atoms with van der Waals surface area (Å²) >= 11 is 0. The first-order valence-corrected chi connectivity index (χ1v) is 6.56. The molecular weight excluding hydrogens is 258 g/mol. The van der Waals surface area contributed by atoms with Crippen molar-refractivity contribution in [3.05, 3.63) is 29.3 Å². The average molecular weight is 277 g/mol. The number of aryl methyl sites for hydroxylation is 3. The Hall–Kier alpha value is -2.31. The molecule has 0 saturated carbocycles. The molecule has 20 heavy (non-hydrogen) atoms. The monoisotopic (exact) mass is 277 g/mol. The van der Waals surface area contributed by atoms with Crippen molar-refractivity contribution in [3.63, 3.8) is 0 Å². The summed E-state index contributed by atoms with van der Waals surface area (Å²) < 4.78 is 8.50. The minimum atomic E-state index is -0.471. The first-order valence-electron chi connectivity index (χ1n) is 6.56. The van der Waals surface area contributed by atoms with Crippen molar-refractivity contribution in [2.24, 2.45) is 7.05 Å². The molecule has 2 N–H and O–H groups in total. The number of aromatic nitrogens is 4. The molecule has 0 bridgehead atoms. The molecule has 0 unspecified atom stereocenters. The van der Waals surface area contributed by atoms with Crippen LogP contribution in [0.25, 0.3) is 0 Å². The summed E-state index contributed by atoms with van der Waals surface area (Å²) in [5, 5.41) is 8.32. The molecule has 108 valence electrons. The van der Waals surface area contributed by atoms with E-state index in [0.717, 1.165) is 12.1 Å². The van der Waals surface area contributed by atoms with Gasteiger partial charge in [-0.3, -0.25) is 9.36 Å². The average Bonchev–Trinajstić information content (AvgIpc) is 3.00. The second kappa shape index (κ2) is 5.77. The first-order chi connectivity index (χ1) is 9.56. The normalized spacial score (nSPS) is 10.8. The van der Waals surface area contributed by atoms with Gasteiger partial charge in [0.2, 0.25) is 0 Å². The summed E-state index contributed by atoms with van der Waals surface area (Å²) in [6.45, 7) is 4.88. The van der Waals surface area contributed by atoms with E-state index in [4.69, 9.17) is 10.5 Å². The summed E-state index contributed by atoms with van der Waals surface area (Å²) in [5.41, 5.74) is 8.15. The molecule has 0 radical (unpaired) electrons. The second-order valence-corrected chi connectivity index (χ2v) is 4.47. The molecule has 0 atom stereocenters. The van der Waals surface area contributed by atoms with Gasteiger partial charge in [-0.05, 0) is 13.3 Å². The minimum absolute atomic E-state index is 0.172. The van der Waals surface area contributed by atoms with Crippen molar-refractivity contribution in [3.8, 4) is 0 Å². The van der Waals surface area contributed by atoms with Gasteiger partial charge in [-0.25, -0.2) is 4.79 Å². The van der Waals surface area contributed by atoms with Crippen LogP contribution in [-0.4, -0.2) is 25.5 Å². The number of esters is 1. The van der Waals surface area contributed by atoms with Crippen LogP contribution in [0, 0.1) is 0 Å². The Bertz CT molecular complexity index is 614. The van der Waals surface area contributed by atoms with Crippen molar-refractivity contribution in [2.45, 2.75) is 33.4 Å². The predicted octanol–water partition coefficient (Wildman–Crippen LogP) is 1.14. The molecule has 0 aliphatic heterocycles. The number of nitrogen functional groups attached to an aromatic ring is 1. The molecule has 2 heterocycles. The lowest BCUT2D eigenvalue weighted by Gasteiger charge is -2.04. The van der Waals surface area contributed by atoms with Crippen LogP contribution in [0.1, 0.15) is 35.6 Å². The zero-order valence-corrected chi connectivity index (χ0v) is 12.0. The maximum atomic E-state index is 12.1. The number of carbonyl (C=O) groups excluding carboxylic acids is 1. The third kappa shape index (κ3) is 2.66. The van der Waals surface area contributed by atoms with Gasteiger partial charge in [0, 0.05) is 25.4 Å². The molecule has 2 aromatic rings. The molecule has 0 amide bonds. The number of anilines is 1. The molecule has 7 nitrogen and oxygen atoms in total. The van der Waals surface area contributed by atoms with Gasteiger partial charge >= 0.3 is 5.97 Å². The summed E-state index contributed by atoms with van der Waals surface area (Å²) in [6.07, 6.45) is 4.20. The molecule has 0 aliphatic carbocycles. The highest BCUT2D eigenvalue weighted by atomic mass is 16.5. The highest BCUT2D eigenvalue weighted by Gasteiger charge is 2.20. The molecule has 0 aromatic carbocycles. The summed E-state index contributed by atoms with van der Waals surface area (Å²) in [7, 11) is 1.68. The van der Waals surface area contributed by atoms with E-state index in [1.165, 1.54) is 4.68 Å². The number of hydrogen-bond donors (Lipinski definition) is 1. The maximum absolute atomic E-state index is 12.1. The molecule has 0 aliphatic rings.